The van der Waals surface area contributed by atoms with E-state index in [1.54, 1.807) is 19.1 Å². The molecule has 1 N–H and O–H groups in total. The van der Waals surface area contributed by atoms with E-state index in [0.717, 1.165) is 0 Å². The smallest absolute Gasteiger partial charge is 0.189 e. The largest absolute Gasteiger partial charge is 0.302 e. The lowest BCUT2D eigenvalue weighted by molar-refractivity contribution is 0.103. The van der Waals surface area contributed by atoms with Gasteiger partial charge in [-0.05, 0) is 24.6 Å². The molecule has 0 aliphatic carbocycles. The van der Waals surface area contributed by atoms with Gasteiger partial charge in [0, 0.05) is 5.56 Å². The lowest BCUT2D eigenvalue weighted by Gasteiger charge is -2.03. The molecule has 4 heteroatoms. The number of hydrogen-bond acceptors (Lipinski definition) is 2. The number of Topliss-reactive ketones (excluding diaryl/α,β-unsaturated/α-hetero) is 1. The van der Waals surface area contributed by atoms with E-state index < -0.39 is 11.1 Å². The van der Waals surface area contributed by atoms with E-state index in [1.807, 2.05) is 0 Å². The van der Waals surface area contributed by atoms with Crippen LogP contribution in [0.25, 0.3) is 0 Å². The first-order chi connectivity index (χ1) is 6.54. The standard InChI is InChI=1S/C10H10O3S/c1-7(2)10(11)8-5-3-4-6-9(8)14(12)13/h3-6H,1H2,2H3,(H,12,13). The Kier molecular flexibility index (Phi) is 3.33. The molecular weight excluding hydrogens is 200 g/mol. The van der Waals surface area contributed by atoms with Gasteiger partial charge in [-0.2, -0.15) is 0 Å². The van der Waals surface area contributed by atoms with Gasteiger partial charge in [0.1, 0.15) is 0 Å². The third-order valence-corrected chi connectivity index (χ3v) is 2.44. The van der Waals surface area contributed by atoms with Crippen LogP contribution in [0.2, 0.25) is 0 Å². The van der Waals surface area contributed by atoms with Gasteiger partial charge in [-0.3, -0.25) is 4.79 Å². The fraction of sp³-hybridized carbons (Fsp3) is 0.100. The van der Waals surface area contributed by atoms with Crippen molar-refractivity contribution >= 4 is 16.9 Å². The molecule has 0 amide bonds. The van der Waals surface area contributed by atoms with Crippen molar-refractivity contribution in [2.75, 3.05) is 0 Å². The van der Waals surface area contributed by atoms with E-state index in [4.69, 9.17) is 4.55 Å². The number of rotatable bonds is 3. The number of carbonyl (C=O) groups is 1. The topological polar surface area (TPSA) is 54.4 Å². The molecule has 1 aromatic carbocycles. The van der Waals surface area contributed by atoms with Crippen LogP contribution in [0.5, 0.6) is 0 Å². The van der Waals surface area contributed by atoms with Gasteiger partial charge >= 0.3 is 0 Å². The van der Waals surface area contributed by atoms with Crippen molar-refractivity contribution < 1.29 is 13.6 Å². The molecule has 0 fully saturated rings. The Balaban J connectivity index is 3.27. The van der Waals surface area contributed by atoms with E-state index in [2.05, 4.69) is 6.58 Å². The second kappa shape index (κ2) is 4.30. The molecule has 1 aromatic rings. The fourth-order valence-corrected chi connectivity index (χ4v) is 1.58. The summed E-state index contributed by atoms with van der Waals surface area (Å²) in [6, 6.07) is 6.22. The number of allylic oxidation sites excluding steroid dienone is 1. The van der Waals surface area contributed by atoms with E-state index in [9.17, 15) is 9.00 Å². The zero-order valence-electron chi connectivity index (χ0n) is 7.69. The quantitative estimate of drug-likeness (QED) is 0.472. The van der Waals surface area contributed by atoms with Crippen molar-refractivity contribution in [3.63, 3.8) is 0 Å². The monoisotopic (exact) mass is 210 g/mol. The maximum absolute atomic E-state index is 11.5. The highest BCUT2D eigenvalue weighted by Crippen LogP contribution is 2.15. The Hall–Kier alpha value is -1.26. The zero-order valence-corrected chi connectivity index (χ0v) is 8.50. The van der Waals surface area contributed by atoms with Crippen LogP contribution >= 0.6 is 0 Å². The first kappa shape index (κ1) is 10.8. The molecule has 74 valence electrons. The number of benzene rings is 1. The molecular formula is C10H10O3S. The van der Waals surface area contributed by atoms with Crippen LogP contribution in [-0.2, 0) is 11.1 Å². The van der Waals surface area contributed by atoms with Crippen molar-refractivity contribution in [1.29, 1.82) is 0 Å². The second-order valence-corrected chi connectivity index (χ2v) is 3.79. The summed E-state index contributed by atoms with van der Waals surface area (Å²) in [5.74, 6) is -0.303. The van der Waals surface area contributed by atoms with Gasteiger partial charge in [-0.1, -0.05) is 18.7 Å². The van der Waals surface area contributed by atoms with Gasteiger partial charge in [0.15, 0.2) is 16.9 Å². The third-order valence-electron chi connectivity index (χ3n) is 1.71. The predicted molar refractivity (Wildman–Crippen MR) is 54.6 cm³/mol. The summed E-state index contributed by atoms with van der Waals surface area (Å²) in [6.45, 7) is 5.07. The SMILES string of the molecule is C=C(C)C(=O)c1ccccc1S(=O)O. The Bertz CT molecular complexity index is 410. The van der Waals surface area contributed by atoms with Crippen molar-refractivity contribution in [3.05, 3.63) is 42.0 Å². The van der Waals surface area contributed by atoms with Crippen LogP contribution in [0, 0.1) is 0 Å². The van der Waals surface area contributed by atoms with E-state index >= 15 is 0 Å². The summed E-state index contributed by atoms with van der Waals surface area (Å²) in [4.78, 5) is 11.7. The molecule has 3 nitrogen and oxygen atoms in total. The number of hydrogen-bond donors (Lipinski definition) is 1. The summed E-state index contributed by atoms with van der Waals surface area (Å²) in [7, 11) is 0. The van der Waals surface area contributed by atoms with Gasteiger partial charge in [0.25, 0.3) is 0 Å². The minimum absolute atomic E-state index is 0.125. The van der Waals surface area contributed by atoms with Crippen LogP contribution in [-0.4, -0.2) is 14.5 Å². The first-order valence-electron chi connectivity index (χ1n) is 3.94. The minimum atomic E-state index is -2.14. The maximum atomic E-state index is 11.5. The second-order valence-electron chi connectivity index (χ2n) is 2.85. The van der Waals surface area contributed by atoms with Gasteiger partial charge in [-0.15, -0.1) is 0 Å². The van der Waals surface area contributed by atoms with Crippen LogP contribution in [0.4, 0.5) is 0 Å². The van der Waals surface area contributed by atoms with Gasteiger partial charge < -0.3 is 4.55 Å². The Morgan fingerprint density at radius 3 is 2.50 bits per heavy atom. The molecule has 0 aliphatic heterocycles. The van der Waals surface area contributed by atoms with Crippen molar-refractivity contribution in [1.82, 2.24) is 0 Å². The normalized spacial score (nSPS) is 12.1. The van der Waals surface area contributed by atoms with Crippen LogP contribution in [0.1, 0.15) is 17.3 Å². The fourth-order valence-electron chi connectivity index (χ4n) is 1.04. The predicted octanol–water partition coefficient (Wildman–Crippen LogP) is 2.03. The summed E-state index contributed by atoms with van der Waals surface area (Å²) >= 11 is -2.14. The third kappa shape index (κ3) is 2.16. The van der Waals surface area contributed by atoms with Crippen molar-refractivity contribution in [2.45, 2.75) is 11.8 Å². The zero-order chi connectivity index (χ0) is 10.7. The summed E-state index contributed by atoms with van der Waals surface area (Å²) in [5, 5.41) is 0. The van der Waals surface area contributed by atoms with E-state index in [-0.39, 0.29) is 16.2 Å². The highest BCUT2D eigenvalue weighted by Gasteiger charge is 2.14. The average Bonchev–Trinajstić information content (AvgIpc) is 2.16. The Morgan fingerprint density at radius 1 is 1.43 bits per heavy atom. The molecule has 0 aromatic heterocycles. The Morgan fingerprint density at radius 2 is 2.00 bits per heavy atom. The van der Waals surface area contributed by atoms with E-state index in [0.29, 0.717) is 5.57 Å². The van der Waals surface area contributed by atoms with Crippen molar-refractivity contribution in [2.24, 2.45) is 0 Å². The van der Waals surface area contributed by atoms with Crippen molar-refractivity contribution in [3.8, 4) is 0 Å². The highest BCUT2D eigenvalue weighted by molar-refractivity contribution is 7.79. The lowest BCUT2D eigenvalue weighted by Crippen LogP contribution is -2.05. The van der Waals surface area contributed by atoms with Crippen LogP contribution < -0.4 is 0 Å². The average molecular weight is 210 g/mol. The number of carbonyl (C=O) groups excluding carboxylic acids is 1. The molecule has 1 rings (SSSR count). The number of ketones is 1. The van der Waals surface area contributed by atoms with Gasteiger partial charge in [0.2, 0.25) is 0 Å². The molecule has 1 atom stereocenters. The molecule has 0 aliphatic rings. The molecule has 0 bridgehead atoms. The summed E-state index contributed by atoms with van der Waals surface area (Å²) in [6.07, 6.45) is 0. The maximum Gasteiger partial charge on any atom is 0.189 e. The van der Waals surface area contributed by atoms with Gasteiger partial charge in [-0.25, -0.2) is 4.21 Å². The molecule has 14 heavy (non-hydrogen) atoms. The van der Waals surface area contributed by atoms with Gasteiger partial charge in [0.05, 0.1) is 4.90 Å². The minimum Gasteiger partial charge on any atom is -0.302 e. The molecule has 0 saturated heterocycles. The molecule has 0 heterocycles. The van der Waals surface area contributed by atoms with Crippen LogP contribution in [0.3, 0.4) is 0 Å². The lowest BCUT2D eigenvalue weighted by atomic mass is 10.1. The first-order valence-corrected chi connectivity index (χ1v) is 5.05. The summed E-state index contributed by atoms with van der Waals surface area (Å²) < 4.78 is 19.8. The van der Waals surface area contributed by atoms with Crippen LogP contribution in [0.15, 0.2) is 41.3 Å². The molecule has 0 saturated carbocycles. The molecule has 0 radical (unpaired) electrons. The molecule has 0 spiro atoms. The Labute approximate surface area is 84.7 Å². The molecule has 1 unspecified atom stereocenters. The highest BCUT2D eigenvalue weighted by atomic mass is 32.2. The summed E-state index contributed by atoms with van der Waals surface area (Å²) in [5.41, 5.74) is 0.587. The van der Waals surface area contributed by atoms with E-state index in [1.165, 1.54) is 12.1 Å².